The van der Waals surface area contributed by atoms with Gasteiger partial charge in [-0.15, -0.1) is 0 Å². The van der Waals surface area contributed by atoms with Gasteiger partial charge < -0.3 is 4.74 Å². The molecule has 0 aromatic carbocycles. The number of halogens is 1. The topological polar surface area (TPSA) is 12.5 Å². The first-order valence-corrected chi connectivity index (χ1v) is 6.31. The van der Waals surface area contributed by atoms with Crippen molar-refractivity contribution in [1.29, 1.82) is 0 Å². The van der Waals surface area contributed by atoms with Crippen LogP contribution >= 0.6 is 22.9 Å². The van der Waals surface area contributed by atoms with Crippen molar-refractivity contribution >= 4 is 22.9 Å². The fraction of sp³-hybridized carbons (Fsp3) is 1.00. The van der Waals surface area contributed by atoms with E-state index < -0.39 is 0 Å². The van der Waals surface area contributed by atoms with Gasteiger partial charge in [-0.1, -0.05) is 0 Å². The second kappa shape index (κ2) is 4.94. The van der Waals surface area contributed by atoms with Crippen LogP contribution < -0.4 is 0 Å². The van der Waals surface area contributed by atoms with Gasteiger partial charge in [0.2, 0.25) is 0 Å². The molecule has 0 radical (unpaired) electrons. The summed E-state index contributed by atoms with van der Waals surface area (Å²) in [5, 5.41) is 0. The second-order valence-electron chi connectivity index (χ2n) is 4.22. The van der Waals surface area contributed by atoms with E-state index in [-0.39, 0.29) is 0 Å². The second-order valence-corrected chi connectivity index (χ2v) is 5.59. The van der Waals surface area contributed by atoms with Gasteiger partial charge in [0.1, 0.15) is 0 Å². The van der Waals surface area contributed by atoms with Crippen LogP contribution in [0.4, 0.5) is 0 Å². The molecule has 0 aromatic rings. The quantitative estimate of drug-likeness (QED) is 0.503. The average Bonchev–Trinajstić information content (AvgIpc) is 2.13. The van der Waals surface area contributed by atoms with Crippen molar-refractivity contribution < 1.29 is 4.74 Å². The van der Waals surface area contributed by atoms with Crippen LogP contribution in [0.3, 0.4) is 0 Å². The molecular weight excluding hydrogens is 277 g/mol. The minimum absolute atomic E-state index is 0.874. The number of rotatable bonds is 0. The van der Waals surface area contributed by atoms with E-state index >= 15 is 0 Å². The molecule has 3 heteroatoms. The van der Waals surface area contributed by atoms with E-state index in [1.807, 2.05) is 0 Å². The number of fused-ring (bicyclic) bond motifs is 1. The summed E-state index contributed by atoms with van der Waals surface area (Å²) in [6.45, 7) is 4.58. The summed E-state index contributed by atoms with van der Waals surface area (Å²) < 4.78 is 7.99. The van der Waals surface area contributed by atoms with E-state index in [1.165, 1.54) is 38.8 Å². The van der Waals surface area contributed by atoms with Gasteiger partial charge in [0, 0.05) is 49.2 Å². The summed E-state index contributed by atoms with van der Waals surface area (Å²) in [4.78, 5) is 0. The van der Waals surface area contributed by atoms with Crippen LogP contribution in [0.5, 0.6) is 0 Å². The van der Waals surface area contributed by atoms with Crippen molar-refractivity contribution in [2.24, 2.45) is 11.8 Å². The van der Waals surface area contributed by atoms with Gasteiger partial charge >= 0.3 is 0 Å². The molecule has 2 saturated heterocycles. The first kappa shape index (κ1) is 10.2. The van der Waals surface area contributed by atoms with Gasteiger partial charge in [0.25, 0.3) is 0 Å². The number of hydrogen-bond donors (Lipinski definition) is 0. The predicted octanol–water partition coefficient (Wildman–Crippen LogP) is 2.48. The molecule has 0 amide bonds. The average molecular weight is 295 g/mol. The van der Waals surface area contributed by atoms with E-state index in [0.29, 0.717) is 0 Å². The Kier molecular flexibility index (Phi) is 3.86. The highest BCUT2D eigenvalue weighted by Gasteiger charge is 2.27. The van der Waals surface area contributed by atoms with E-state index in [9.17, 15) is 0 Å². The maximum atomic E-state index is 5.55. The molecule has 0 spiro atoms. The van der Waals surface area contributed by atoms with E-state index in [1.54, 1.807) is 0 Å². The molecule has 0 saturated carbocycles. The summed E-state index contributed by atoms with van der Waals surface area (Å²) in [5.74, 6) is 1.82. The smallest absolute Gasteiger partial charge is 0.0496 e. The molecule has 0 bridgehead atoms. The Hall–Kier alpha value is 0.650. The third-order valence-corrected chi connectivity index (χ3v) is 4.31. The Balaban J connectivity index is 1.90. The van der Waals surface area contributed by atoms with Crippen LogP contribution in [-0.4, -0.2) is 29.4 Å². The lowest BCUT2D eigenvalue weighted by Gasteiger charge is -2.34. The van der Waals surface area contributed by atoms with E-state index in [0.717, 1.165) is 25.0 Å². The highest BCUT2D eigenvalue weighted by atomic mass is 127. The first-order valence-electron chi connectivity index (χ1n) is 5.35. The Morgan fingerprint density at radius 2 is 2.00 bits per heavy atom. The lowest BCUT2D eigenvalue weighted by Crippen LogP contribution is -2.32. The first-order chi connectivity index (χ1) is 6.36. The molecule has 0 aliphatic carbocycles. The Morgan fingerprint density at radius 3 is 2.92 bits per heavy atom. The van der Waals surface area contributed by atoms with Crippen molar-refractivity contribution in [3.05, 3.63) is 0 Å². The maximum Gasteiger partial charge on any atom is 0.0496 e. The van der Waals surface area contributed by atoms with Crippen LogP contribution in [0.2, 0.25) is 0 Å². The van der Waals surface area contributed by atoms with Gasteiger partial charge in [-0.05, 0) is 37.5 Å². The zero-order valence-corrected chi connectivity index (χ0v) is 10.2. The molecule has 2 rings (SSSR count). The number of nitrogens with zero attached hydrogens (tertiary/aromatic N) is 1. The summed E-state index contributed by atoms with van der Waals surface area (Å²) in [6.07, 6.45) is 5.42. The Labute approximate surface area is 94.5 Å². The summed E-state index contributed by atoms with van der Waals surface area (Å²) >= 11 is 2.46. The van der Waals surface area contributed by atoms with Gasteiger partial charge in [0.15, 0.2) is 0 Å². The summed E-state index contributed by atoms with van der Waals surface area (Å²) in [7, 11) is 0. The molecule has 2 unspecified atom stereocenters. The summed E-state index contributed by atoms with van der Waals surface area (Å²) in [5.41, 5.74) is 0. The monoisotopic (exact) mass is 295 g/mol. The molecule has 13 heavy (non-hydrogen) atoms. The van der Waals surface area contributed by atoms with Gasteiger partial charge in [0.05, 0.1) is 0 Å². The van der Waals surface area contributed by atoms with E-state index in [2.05, 4.69) is 26.0 Å². The third kappa shape index (κ3) is 2.80. The fourth-order valence-corrected chi connectivity index (χ4v) is 3.10. The Morgan fingerprint density at radius 1 is 1.08 bits per heavy atom. The summed E-state index contributed by atoms with van der Waals surface area (Å²) in [6, 6.07) is 0. The van der Waals surface area contributed by atoms with Crippen molar-refractivity contribution in [2.75, 3.05) is 26.3 Å². The Bertz CT molecular complexity index is 165. The highest BCUT2D eigenvalue weighted by molar-refractivity contribution is 14.1. The third-order valence-electron chi connectivity index (χ3n) is 3.35. The molecule has 0 N–H and O–H groups in total. The molecule has 2 aliphatic heterocycles. The molecule has 0 aromatic heterocycles. The van der Waals surface area contributed by atoms with Gasteiger partial charge in [-0.2, -0.15) is 0 Å². The molecule has 2 heterocycles. The minimum atomic E-state index is 0.874. The van der Waals surface area contributed by atoms with E-state index in [4.69, 9.17) is 4.74 Å². The van der Waals surface area contributed by atoms with Crippen molar-refractivity contribution in [3.63, 3.8) is 0 Å². The predicted molar refractivity (Wildman–Crippen MR) is 61.9 cm³/mol. The van der Waals surface area contributed by atoms with Crippen LogP contribution in [0.15, 0.2) is 0 Å². The highest BCUT2D eigenvalue weighted by Crippen LogP contribution is 2.31. The number of hydrogen-bond acceptors (Lipinski definition) is 2. The zero-order chi connectivity index (χ0) is 9.10. The molecule has 2 fully saturated rings. The lowest BCUT2D eigenvalue weighted by molar-refractivity contribution is 0.00524. The van der Waals surface area contributed by atoms with Gasteiger partial charge in [-0.3, -0.25) is 0 Å². The van der Waals surface area contributed by atoms with Crippen LogP contribution in [0.1, 0.15) is 25.7 Å². The maximum absolute atomic E-state index is 5.55. The SMILES string of the molecule is IN1CCCC2COCCC2CC1. The molecule has 2 aliphatic rings. The fourth-order valence-electron chi connectivity index (χ4n) is 2.48. The van der Waals surface area contributed by atoms with Crippen molar-refractivity contribution in [1.82, 2.24) is 3.11 Å². The molecule has 76 valence electrons. The zero-order valence-electron chi connectivity index (χ0n) is 8.04. The minimum Gasteiger partial charge on any atom is -0.381 e. The van der Waals surface area contributed by atoms with Crippen LogP contribution in [-0.2, 0) is 4.74 Å². The molecular formula is C10H18INO. The molecule has 2 nitrogen and oxygen atoms in total. The molecule has 2 atom stereocenters. The number of ether oxygens (including phenoxy) is 1. The lowest BCUT2D eigenvalue weighted by atomic mass is 9.82. The normalized spacial score (nSPS) is 37.6. The van der Waals surface area contributed by atoms with Crippen LogP contribution in [0, 0.1) is 11.8 Å². The largest absolute Gasteiger partial charge is 0.381 e. The van der Waals surface area contributed by atoms with Crippen LogP contribution in [0.25, 0.3) is 0 Å². The van der Waals surface area contributed by atoms with Crippen molar-refractivity contribution in [3.8, 4) is 0 Å². The van der Waals surface area contributed by atoms with Gasteiger partial charge in [-0.25, -0.2) is 3.11 Å². The van der Waals surface area contributed by atoms with Crippen molar-refractivity contribution in [2.45, 2.75) is 25.7 Å². The standard InChI is InChI=1S/C10H18INO/c11-12-5-1-2-10-8-13-7-4-9(10)3-6-12/h9-10H,1-8H2.